The third-order valence-corrected chi connectivity index (χ3v) is 4.58. The monoisotopic (exact) mass is 311 g/mol. The second kappa shape index (κ2) is 6.33. The number of nitriles is 1. The average Bonchev–Trinajstić information content (AvgIpc) is 2.56. The Bertz CT molecular complexity index is 697. The molecule has 0 spiro atoms. The van der Waals surface area contributed by atoms with Crippen molar-refractivity contribution in [2.24, 2.45) is 5.73 Å². The zero-order valence-electron chi connectivity index (χ0n) is 13.3. The summed E-state index contributed by atoms with van der Waals surface area (Å²) in [5.74, 6) is 0.520. The molecule has 5 heteroatoms. The van der Waals surface area contributed by atoms with Crippen LogP contribution in [0.5, 0.6) is 5.75 Å². The van der Waals surface area contributed by atoms with E-state index in [1.807, 2.05) is 30.0 Å². The molecule has 2 N–H and O–H groups in total. The number of aryl methyl sites for hydroxylation is 1. The highest BCUT2D eigenvalue weighted by Gasteiger charge is 2.32. The minimum Gasteiger partial charge on any atom is -0.440 e. The summed E-state index contributed by atoms with van der Waals surface area (Å²) in [5, 5.41) is 9.46. The van der Waals surface area contributed by atoms with Crippen LogP contribution in [0.15, 0.2) is 29.7 Å². The summed E-state index contributed by atoms with van der Waals surface area (Å²) < 4.78 is 5.56. The van der Waals surface area contributed by atoms with Gasteiger partial charge < -0.3 is 15.4 Å². The van der Waals surface area contributed by atoms with Gasteiger partial charge >= 0.3 is 0 Å². The molecule has 5 nitrogen and oxygen atoms in total. The number of hydrogen-bond acceptors (Lipinski definition) is 4. The second-order valence-electron chi connectivity index (χ2n) is 6.23. The van der Waals surface area contributed by atoms with Gasteiger partial charge in [0.05, 0.1) is 5.57 Å². The molecule has 1 amide bonds. The number of nitrogens with two attached hydrogens (primary N) is 1. The summed E-state index contributed by atoms with van der Waals surface area (Å²) in [6.45, 7) is 3.60. The van der Waals surface area contributed by atoms with Crippen molar-refractivity contribution in [2.45, 2.75) is 38.5 Å². The molecule has 2 heterocycles. The van der Waals surface area contributed by atoms with Crippen LogP contribution in [0.1, 0.15) is 42.7 Å². The van der Waals surface area contributed by atoms with Gasteiger partial charge in [-0.25, -0.2) is 0 Å². The molecule has 1 saturated heterocycles. The van der Waals surface area contributed by atoms with Crippen LogP contribution in [0, 0.1) is 18.3 Å². The molecule has 2 aliphatic rings. The Morgan fingerprint density at radius 2 is 2.13 bits per heavy atom. The van der Waals surface area contributed by atoms with Crippen molar-refractivity contribution in [3.05, 3.63) is 40.8 Å². The topological polar surface area (TPSA) is 79.4 Å². The van der Waals surface area contributed by atoms with Crippen LogP contribution < -0.4 is 10.5 Å². The lowest BCUT2D eigenvalue weighted by Gasteiger charge is -2.30. The van der Waals surface area contributed by atoms with Gasteiger partial charge in [0.15, 0.2) is 0 Å². The smallest absolute Gasteiger partial charge is 0.223 e. The fourth-order valence-electron chi connectivity index (χ4n) is 3.33. The number of carbonyl (C=O) groups excluding carboxylic acids is 1. The van der Waals surface area contributed by atoms with Crippen molar-refractivity contribution in [1.29, 1.82) is 5.26 Å². The predicted molar refractivity (Wildman–Crippen MR) is 86.4 cm³/mol. The Morgan fingerprint density at radius 1 is 1.39 bits per heavy atom. The normalized spacial score (nSPS) is 20.5. The van der Waals surface area contributed by atoms with Crippen molar-refractivity contribution >= 4 is 5.91 Å². The van der Waals surface area contributed by atoms with Gasteiger partial charge in [0.25, 0.3) is 0 Å². The Kier molecular flexibility index (Phi) is 4.24. The molecule has 0 aromatic heterocycles. The van der Waals surface area contributed by atoms with Crippen LogP contribution in [-0.2, 0) is 4.79 Å². The number of ether oxygens (including phenoxy) is 1. The molecule has 1 atom stereocenters. The fourth-order valence-corrected chi connectivity index (χ4v) is 3.33. The number of amides is 1. The Labute approximate surface area is 136 Å². The number of fused-ring (bicyclic) bond motifs is 1. The summed E-state index contributed by atoms with van der Waals surface area (Å²) in [4.78, 5) is 14.5. The molecule has 1 fully saturated rings. The highest BCUT2D eigenvalue weighted by Crippen LogP contribution is 2.40. The predicted octanol–water partition coefficient (Wildman–Crippen LogP) is 2.57. The number of benzene rings is 1. The molecular formula is C18H21N3O2. The van der Waals surface area contributed by atoms with Crippen LogP contribution in [-0.4, -0.2) is 23.9 Å². The summed E-state index contributed by atoms with van der Waals surface area (Å²) in [7, 11) is 0. The minimum absolute atomic E-state index is 0.0876. The molecular weight excluding hydrogens is 290 g/mol. The number of hydrogen-bond donors (Lipinski definition) is 1. The van der Waals surface area contributed by atoms with E-state index in [4.69, 9.17) is 10.5 Å². The molecule has 0 radical (unpaired) electrons. The molecule has 0 bridgehead atoms. The fraction of sp³-hybridized carbons (Fsp3) is 0.444. The summed E-state index contributed by atoms with van der Waals surface area (Å²) >= 11 is 0. The van der Waals surface area contributed by atoms with E-state index < -0.39 is 0 Å². The van der Waals surface area contributed by atoms with Crippen LogP contribution >= 0.6 is 0 Å². The zero-order chi connectivity index (χ0) is 16.4. The Hall–Kier alpha value is -2.48. The van der Waals surface area contributed by atoms with Crippen LogP contribution in [0.25, 0.3) is 0 Å². The number of allylic oxidation sites excluding steroid dienone is 1. The zero-order valence-corrected chi connectivity index (χ0v) is 13.3. The van der Waals surface area contributed by atoms with Crippen LogP contribution in [0.2, 0.25) is 0 Å². The lowest BCUT2D eigenvalue weighted by Crippen LogP contribution is -2.37. The molecule has 1 aromatic carbocycles. The molecule has 2 aliphatic heterocycles. The van der Waals surface area contributed by atoms with Crippen LogP contribution in [0.4, 0.5) is 0 Å². The van der Waals surface area contributed by atoms with E-state index in [0.717, 1.165) is 37.1 Å². The van der Waals surface area contributed by atoms with Gasteiger partial charge in [-0.15, -0.1) is 0 Å². The van der Waals surface area contributed by atoms with E-state index in [1.54, 1.807) is 0 Å². The van der Waals surface area contributed by atoms with Gasteiger partial charge in [0.2, 0.25) is 11.8 Å². The molecule has 120 valence electrons. The first kappa shape index (κ1) is 15.4. The molecule has 3 rings (SSSR count). The van der Waals surface area contributed by atoms with Gasteiger partial charge in [-0.2, -0.15) is 5.26 Å². The maximum absolute atomic E-state index is 12.6. The first-order valence-electron chi connectivity index (χ1n) is 8.06. The lowest BCUT2D eigenvalue weighted by molar-refractivity contribution is -0.132. The number of carbonyl (C=O) groups is 1. The second-order valence-corrected chi connectivity index (χ2v) is 6.23. The Morgan fingerprint density at radius 3 is 2.83 bits per heavy atom. The van der Waals surface area contributed by atoms with E-state index in [2.05, 4.69) is 6.07 Å². The maximum Gasteiger partial charge on any atom is 0.223 e. The molecule has 0 saturated carbocycles. The molecule has 0 aliphatic carbocycles. The number of rotatable bonds is 2. The van der Waals surface area contributed by atoms with Gasteiger partial charge in [-0.05, 0) is 32.3 Å². The molecule has 1 unspecified atom stereocenters. The third-order valence-electron chi connectivity index (χ3n) is 4.58. The van der Waals surface area contributed by atoms with Crippen molar-refractivity contribution in [3.63, 3.8) is 0 Å². The minimum atomic E-state index is -0.321. The van der Waals surface area contributed by atoms with Crippen molar-refractivity contribution < 1.29 is 9.53 Å². The summed E-state index contributed by atoms with van der Waals surface area (Å²) in [6, 6.07) is 7.90. The third kappa shape index (κ3) is 3.02. The quantitative estimate of drug-likeness (QED) is 0.910. The summed E-state index contributed by atoms with van der Waals surface area (Å²) in [5.41, 5.74) is 8.20. The van der Waals surface area contributed by atoms with Crippen molar-refractivity contribution in [3.8, 4) is 11.8 Å². The van der Waals surface area contributed by atoms with E-state index in [0.29, 0.717) is 11.3 Å². The van der Waals surface area contributed by atoms with Gasteiger partial charge in [0.1, 0.15) is 11.8 Å². The van der Waals surface area contributed by atoms with E-state index >= 15 is 0 Å². The van der Waals surface area contributed by atoms with E-state index in [1.165, 1.54) is 6.42 Å². The van der Waals surface area contributed by atoms with Gasteiger partial charge in [-0.3, -0.25) is 4.79 Å². The van der Waals surface area contributed by atoms with Gasteiger partial charge in [-0.1, -0.05) is 17.7 Å². The van der Waals surface area contributed by atoms with E-state index in [-0.39, 0.29) is 24.1 Å². The van der Waals surface area contributed by atoms with Crippen LogP contribution in [0.3, 0.4) is 0 Å². The van der Waals surface area contributed by atoms with E-state index in [9.17, 15) is 10.1 Å². The highest BCUT2D eigenvalue weighted by atomic mass is 16.5. The largest absolute Gasteiger partial charge is 0.440 e. The first-order chi connectivity index (χ1) is 11.1. The molecule has 23 heavy (non-hydrogen) atoms. The molecule has 1 aromatic rings. The summed E-state index contributed by atoms with van der Waals surface area (Å²) in [6.07, 6.45) is 3.55. The SMILES string of the molecule is Cc1ccc2c(c1)C(CC(=O)N1CCCCC1)C(C#N)=C(N)O2. The number of likely N-dealkylation sites (tertiary alicyclic amines) is 1. The first-order valence-corrected chi connectivity index (χ1v) is 8.06. The average molecular weight is 311 g/mol. The number of piperidine rings is 1. The van der Waals surface area contributed by atoms with Crippen molar-refractivity contribution in [1.82, 2.24) is 4.90 Å². The highest BCUT2D eigenvalue weighted by molar-refractivity contribution is 5.78. The maximum atomic E-state index is 12.6. The Balaban J connectivity index is 1.90. The standard InChI is InChI=1S/C18H21N3O2/c1-12-5-6-16-14(9-12)13(15(11-19)18(20)23-16)10-17(22)21-7-3-2-4-8-21/h5-6,9,13H,2-4,7-8,10,20H2,1H3. The lowest BCUT2D eigenvalue weighted by atomic mass is 9.85. The number of nitrogens with zero attached hydrogens (tertiary/aromatic N) is 2. The van der Waals surface area contributed by atoms with Gasteiger partial charge in [0, 0.05) is 31.0 Å². The van der Waals surface area contributed by atoms with Crippen molar-refractivity contribution in [2.75, 3.05) is 13.1 Å².